The molecule has 2 N–H and O–H groups in total. The number of aromatic amines is 1. The third-order valence-electron chi connectivity index (χ3n) is 2.46. The Morgan fingerprint density at radius 1 is 1.54 bits per heavy atom. The van der Waals surface area contributed by atoms with Crippen molar-refractivity contribution in [1.82, 2.24) is 10.3 Å². The fraction of sp³-hybridized carbons (Fsp3) is 0.600. The summed E-state index contributed by atoms with van der Waals surface area (Å²) in [7, 11) is 4.08. The molecule has 1 heterocycles. The minimum atomic E-state index is 0.125. The topological polar surface area (TPSA) is 31.1 Å². The van der Waals surface area contributed by atoms with Crippen molar-refractivity contribution in [2.45, 2.75) is 19.4 Å². The number of likely N-dealkylation sites (N-methyl/N-ethyl adjacent to an activating group) is 2. The molecule has 0 atom stereocenters. The van der Waals surface area contributed by atoms with E-state index in [1.54, 1.807) is 0 Å². The molecule has 0 radical (unpaired) electrons. The van der Waals surface area contributed by atoms with Gasteiger partial charge in [-0.25, -0.2) is 0 Å². The molecule has 0 unspecified atom stereocenters. The molecule has 0 spiro atoms. The van der Waals surface area contributed by atoms with Gasteiger partial charge in [-0.15, -0.1) is 0 Å². The van der Waals surface area contributed by atoms with E-state index in [0.717, 1.165) is 12.4 Å². The summed E-state index contributed by atoms with van der Waals surface area (Å²) in [5.41, 5.74) is 0.125. The number of anilines is 1. The molecule has 0 aliphatic heterocycles. The minimum absolute atomic E-state index is 0.125. The van der Waals surface area contributed by atoms with Crippen molar-refractivity contribution in [3.05, 3.63) is 18.3 Å². The van der Waals surface area contributed by atoms with E-state index in [1.807, 2.05) is 19.3 Å². The lowest BCUT2D eigenvalue weighted by atomic mass is 10.0. The quantitative estimate of drug-likeness (QED) is 0.736. The second-order valence-corrected chi connectivity index (χ2v) is 3.96. The number of hydrogen-bond acceptors (Lipinski definition) is 2. The monoisotopic (exact) mass is 181 g/mol. The third-order valence-corrected chi connectivity index (χ3v) is 2.46. The zero-order valence-electron chi connectivity index (χ0n) is 8.89. The van der Waals surface area contributed by atoms with Crippen molar-refractivity contribution in [3.63, 3.8) is 0 Å². The number of H-pyrrole nitrogens is 1. The van der Waals surface area contributed by atoms with Gasteiger partial charge >= 0.3 is 0 Å². The maximum atomic E-state index is 3.20. The van der Waals surface area contributed by atoms with Crippen LogP contribution in [-0.4, -0.2) is 31.2 Å². The normalized spacial score (nSPS) is 11.7. The number of nitrogens with one attached hydrogen (secondary N) is 2. The summed E-state index contributed by atoms with van der Waals surface area (Å²) in [6, 6.07) is 4.10. The summed E-state index contributed by atoms with van der Waals surface area (Å²) in [4.78, 5) is 5.44. The first-order valence-corrected chi connectivity index (χ1v) is 4.60. The van der Waals surface area contributed by atoms with Crippen LogP contribution in [0.4, 0.5) is 5.82 Å². The SMILES string of the molecule is CNCC(C)(C)N(C)c1ccc[nH]1. The molecule has 74 valence electrons. The molecule has 0 amide bonds. The summed E-state index contributed by atoms with van der Waals surface area (Å²) in [5.74, 6) is 1.15. The van der Waals surface area contributed by atoms with Gasteiger partial charge in [0.05, 0.1) is 0 Å². The lowest BCUT2D eigenvalue weighted by Crippen LogP contribution is -2.48. The van der Waals surface area contributed by atoms with Gasteiger partial charge in [0.2, 0.25) is 0 Å². The second-order valence-electron chi connectivity index (χ2n) is 3.96. The summed E-state index contributed by atoms with van der Waals surface area (Å²) in [5, 5.41) is 3.20. The average molecular weight is 181 g/mol. The first-order chi connectivity index (χ1) is 6.08. The maximum absolute atomic E-state index is 3.20. The molecular formula is C10H19N3. The minimum Gasteiger partial charge on any atom is -0.355 e. The number of nitrogens with zero attached hydrogens (tertiary/aromatic N) is 1. The standard InChI is InChI=1S/C10H19N3/c1-10(2,8-11-3)13(4)9-6-5-7-12-9/h5-7,11-12H,8H2,1-4H3. The molecule has 1 rings (SSSR count). The first kappa shape index (κ1) is 10.1. The van der Waals surface area contributed by atoms with E-state index in [4.69, 9.17) is 0 Å². The van der Waals surface area contributed by atoms with Gasteiger partial charge < -0.3 is 15.2 Å². The molecule has 13 heavy (non-hydrogen) atoms. The molecule has 3 nitrogen and oxygen atoms in total. The van der Waals surface area contributed by atoms with Crippen molar-refractivity contribution < 1.29 is 0 Å². The Kier molecular flexibility index (Phi) is 2.98. The molecule has 0 aliphatic rings. The largest absolute Gasteiger partial charge is 0.355 e. The van der Waals surface area contributed by atoms with E-state index in [-0.39, 0.29) is 5.54 Å². The molecule has 1 aromatic heterocycles. The predicted octanol–water partition coefficient (Wildman–Crippen LogP) is 1.45. The Hall–Kier alpha value is -0.960. The van der Waals surface area contributed by atoms with Crippen LogP contribution in [0.15, 0.2) is 18.3 Å². The zero-order chi connectivity index (χ0) is 9.90. The Bertz CT molecular complexity index is 239. The van der Waals surface area contributed by atoms with E-state index in [2.05, 4.69) is 42.2 Å². The van der Waals surface area contributed by atoms with Crippen LogP contribution in [-0.2, 0) is 0 Å². The van der Waals surface area contributed by atoms with Crippen LogP contribution < -0.4 is 10.2 Å². The van der Waals surface area contributed by atoms with Crippen LogP contribution in [0.25, 0.3) is 0 Å². The van der Waals surface area contributed by atoms with E-state index < -0.39 is 0 Å². The van der Waals surface area contributed by atoms with Gasteiger partial charge in [0.15, 0.2) is 0 Å². The van der Waals surface area contributed by atoms with E-state index in [1.165, 1.54) is 0 Å². The van der Waals surface area contributed by atoms with Gasteiger partial charge in [-0.2, -0.15) is 0 Å². The highest BCUT2D eigenvalue weighted by atomic mass is 15.2. The second kappa shape index (κ2) is 3.83. The fourth-order valence-electron chi connectivity index (χ4n) is 1.41. The van der Waals surface area contributed by atoms with Crippen molar-refractivity contribution in [3.8, 4) is 0 Å². The van der Waals surface area contributed by atoms with Gasteiger partial charge in [0.25, 0.3) is 0 Å². The lowest BCUT2D eigenvalue weighted by Gasteiger charge is -2.36. The average Bonchev–Trinajstić information content (AvgIpc) is 2.54. The van der Waals surface area contributed by atoms with Crippen LogP contribution in [0.2, 0.25) is 0 Å². The van der Waals surface area contributed by atoms with Gasteiger partial charge in [-0.3, -0.25) is 0 Å². The Morgan fingerprint density at radius 3 is 2.69 bits per heavy atom. The highest BCUT2D eigenvalue weighted by Crippen LogP contribution is 2.18. The molecule has 1 aromatic rings. The Balaban J connectivity index is 2.71. The number of hydrogen-bond donors (Lipinski definition) is 2. The van der Waals surface area contributed by atoms with E-state index in [9.17, 15) is 0 Å². The third kappa shape index (κ3) is 2.25. The Labute approximate surface area is 80.1 Å². The molecule has 0 fully saturated rings. The maximum Gasteiger partial charge on any atom is 0.106 e. The molecule has 3 heteroatoms. The molecule has 0 saturated carbocycles. The van der Waals surface area contributed by atoms with Gasteiger partial charge in [-0.1, -0.05) is 0 Å². The Morgan fingerprint density at radius 2 is 2.23 bits per heavy atom. The summed E-state index contributed by atoms with van der Waals surface area (Å²) in [6.07, 6.45) is 1.95. The van der Waals surface area contributed by atoms with E-state index >= 15 is 0 Å². The van der Waals surface area contributed by atoms with Crippen molar-refractivity contribution in [2.75, 3.05) is 25.5 Å². The van der Waals surface area contributed by atoms with Gasteiger partial charge in [0, 0.05) is 25.3 Å². The smallest absolute Gasteiger partial charge is 0.106 e. The van der Waals surface area contributed by atoms with Crippen LogP contribution >= 0.6 is 0 Å². The van der Waals surface area contributed by atoms with Crippen molar-refractivity contribution in [1.29, 1.82) is 0 Å². The molecule has 0 aliphatic carbocycles. The van der Waals surface area contributed by atoms with Crippen LogP contribution in [0.5, 0.6) is 0 Å². The highest BCUT2D eigenvalue weighted by molar-refractivity contribution is 5.40. The molecule has 0 bridgehead atoms. The fourth-order valence-corrected chi connectivity index (χ4v) is 1.41. The molecular weight excluding hydrogens is 162 g/mol. The number of aromatic nitrogens is 1. The lowest BCUT2D eigenvalue weighted by molar-refractivity contribution is 0.460. The zero-order valence-corrected chi connectivity index (χ0v) is 8.89. The van der Waals surface area contributed by atoms with Crippen LogP contribution in [0.3, 0.4) is 0 Å². The molecule has 0 aromatic carbocycles. The predicted molar refractivity (Wildman–Crippen MR) is 57.2 cm³/mol. The van der Waals surface area contributed by atoms with Gasteiger partial charge in [-0.05, 0) is 33.0 Å². The summed E-state index contributed by atoms with van der Waals surface area (Å²) < 4.78 is 0. The van der Waals surface area contributed by atoms with E-state index in [0.29, 0.717) is 0 Å². The summed E-state index contributed by atoms with van der Waals surface area (Å²) in [6.45, 7) is 5.39. The first-order valence-electron chi connectivity index (χ1n) is 4.60. The summed E-state index contributed by atoms with van der Waals surface area (Å²) >= 11 is 0. The van der Waals surface area contributed by atoms with Crippen LogP contribution in [0.1, 0.15) is 13.8 Å². The number of rotatable bonds is 4. The van der Waals surface area contributed by atoms with Gasteiger partial charge in [0.1, 0.15) is 5.82 Å². The highest BCUT2D eigenvalue weighted by Gasteiger charge is 2.22. The van der Waals surface area contributed by atoms with Crippen molar-refractivity contribution >= 4 is 5.82 Å². The molecule has 0 saturated heterocycles. The van der Waals surface area contributed by atoms with Crippen molar-refractivity contribution in [2.24, 2.45) is 0 Å². The van der Waals surface area contributed by atoms with Crippen LogP contribution in [0, 0.1) is 0 Å².